The highest BCUT2D eigenvalue weighted by Gasteiger charge is 2.18. The van der Waals surface area contributed by atoms with Gasteiger partial charge in [-0.1, -0.05) is 29.8 Å². The van der Waals surface area contributed by atoms with Crippen LogP contribution in [-0.2, 0) is 5.11 Å². The molecular weight excluding hydrogens is 224 g/mol. The smallest absolute Gasteiger partial charge is 0.197 e. The van der Waals surface area contributed by atoms with E-state index in [9.17, 15) is 9.90 Å². The van der Waals surface area contributed by atoms with E-state index in [0.717, 1.165) is 16.7 Å². The molecule has 2 aromatic rings. The summed E-state index contributed by atoms with van der Waals surface area (Å²) in [5.41, 5.74) is 3.84. The van der Waals surface area contributed by atoms with E-state index < -0.39 is 0 Å². The first-order chi connectivity index (χ1) is 8.50. The second kappa shape index (κ2) is 4.65. The third-order valence-corrected chi connectivity index (χ3v) is 3.04. The lowest BCUT2D eigenvalue weighted by Crippen LogP contribution is -2.06. The fraction of sp³-hybridized carbons (Fsp3) is 0.188. The molecule has 0 saturated heterocycles. The molecule has 0 heterocycles. The minimum atomic E-state index is -0.220. The molecule has 1 radical (unpaired) electrons. The van der Waals surface area contributed by atoms with Crippen LogP contribution in [-0.4, -0.2) is 5.78 Å². The Morgan fingerprint density at radius 1 is 0.944 bits per heavy atom. The van der Waals surface area contributed by atoms with Crippen LogP contribution in [0.15, 0.2) is 36.4 Å². The number of hydrogen-bond acceptors (Lipinski definition) is 1. The molecule has 0 spiro atoms. The van der Waals surface area contributed by atoms with Crippen molar-refractivity contribution in [1.82, 2.24) is 0 Å². The number of rotatable bonds is 2. The summed E-state index contributed by atoms with van der Waals surface area (Å²) >= 11 is 0. The Labute approximate surface area is 107 Å². The standard InChI is InChI=1S/C16H15O2/c1-10-8-11(2)15(12(3)9-10)16(18)13-6-4-5-7-14(13)17/h4-9H,1-3H3. The van der Waals surface area contributed by atoms with E-state index in [-0.39, 0.29) is 17.1 Å². The normalized spacial score (nSPS) is 10.4. The molecule has 0 aliphatic rings. The van der Waals surface area contributed by atoms with E-state index >= 15 is 0 Å². The van der Waals surface area contributed by atoms with E-state index in [0.29, 0.717) is 5.56 Å². The molecular formula is C16H15O2. The lowest BCUT2D eigenvalue weighted by molar-refractivity contribution is 0.103. The molecule has 0 aliphatic carbocycles. The number of aryl methyl sites for hydroxylation is 3. The van der Waals surface area contributed by atoms with Crippen LogP contribution in [0.25, 0.3) is 0 Å². The second-order valence-electron chi connectivity index (χ2n) is 4.60. The van der Waals surface area contributed by atoms with Crippen LogP contribution >= 0.6 is 0 Å². The zero-order valence-corrected chi connectivity index (χ0v) is 10.8. The van der Waals surface area contributed by atoms with E-state index in [1.165, 1.54) is 6.07 Å². The van der Waals surface area contributed by atoms with Crippen LogP contribution in [0, 0.1) is 20.8 Å². The van der Waals surface area contributed by atoms with Crippen LogP contribution in [0.5, 0.6) is 5.75 Å². The summed E-state index contributed by atoms with van der Waals surface area (Å²) in [5.74, 6) is -0.405. The number of benzene rings is 2. The Kier molecular flexibility index (Phi) is 3.19. The van der Waals surface area contributed by atoms with Crippen LogP contribution in [0.3, 0.4) is 0 Å². The molecule has 0 fully saturated rings. The van der Waals surface area contributed by atoms with Crippen LogP contribution in [0.2, 0.25) is 0 Å². The summed E-state index contributed by atoms with van der Waals surface area (Å²) in [4.78, 5) is 12.4. The third-order valence-electron chi connectivity index (χ3n) is 3.04. The number of carbonyl (C=O) groups excluding carboxylic acids is 1. The topological polar surface area (TPSA) is 37.0 Å². The van der Waals surface area contributed by atoms with Crippen molar-refractivity contribution < 1.29 is 9.90 Å². The maximum Gasteiger partial charge on any atom is 0.197 e. The minimum Gasteiger partial charge on any atom is -0.289 e. The first kappa shape index (κ1) is 12.4. The molecule has 91 valence electrons. The molecule has 0 N–H and O–H groups in total. The molecule has 2 rings (SSSR count). The predicted octanol–water partition coefficient (Wildman–Crippen LogP) is 3.99. The Bertz CT molecular complexity index is 589. The average molecular weight is 239 g/mol. The number of ketones is 1. The highest BCUT2D eigenvalue weighted by molar-refractivity contribution is 6.12. The molecule has 2 nitrogen and oxygen atoms in total. The molecule has 0 aromatic heterocycles. The molecule has 18 heavy (non-hydrogen) atoms. The molecule has 0 saturated carbocycles. The largest absolute Gasteiger partial charge is 0.289 e. The summed E-state index contributed by atoms with van der Waals surface area (Å²) in [5, 5.41) is 11.7. The van der Waals surface area contributed by atoms with Gasteiger partial charge in [0.15, 0.2) is 11.5 Å². The van der Waals surface area contributed by atoms with E-state index in [1.807, 2.05) is 32.9 Å². The van der Waals surface area contributed by atoms with Gasteiger partial charge in [-0.25, -0.2) is 0 Å². The van der Waals surface area contributed by atoms with Crippen molar-refractivity contribution in [1.29, 1.82) is 0 Å². The number of para-hydroxylation sites is 1. The molecule has 0 bridgehead atoms. The van der Waals surface area contributed by atoms with Crippen molar-refractivity contribution in [3.8, 4) is 5.75 Å². The SMILES string of the molecule is Cc1cc(C)c(C(=O)c2ccccc2[O])c(C)c1. The molecule has 0 aliphatic heterocycles. The third kappa shape index (κ3) is 2.14. The molecule has 2 heteroatoms. The zero-order chi connectivity index (χ0) is 13.3. The van der Waals surface area contributed by atoms with Gasteiger partial charge in [-0.15, -0.1) is 0 Å². The Morgan fingerprint density at radius 2 is 1.50 bits per heavy atom. The van der Waals surface area contributed by atoms with Crippen molar-refractivity contribution >= 4 is 5.78 Å². The highest BCUT2D eigenvalue weighted by Crippen LogP contribution is 2.25. The van der Waals surface area contributed by atoms with E-state index in [4.69, 9.17) is 0 Å². The van der Waals surface area contributed by atoms with Crippen molar-refractivity contribution in [2.75, 3.05) is 0 Å². The average Bonchev–Trinajstić information content (AvgIpc) is 2.27. The van der Waals surface area contributed by atoms with Gasteiger partial charge in [0.25, 0.3) is 0 Å². The first-order valence-electron chi connectivity index (χ1n) is 5.89. The maximum atomic E-state index is 12.4. The fourth-order valence-electron chi connectivity index (χ4n) is 2.33. The summed E-state index contributed by atoms with van der Waals surface area (Å²) < 4.78 is 0. The van der Waals surface area contributed by atoms with Gasteiger partial charge in [-0.3, -0.25) is 9.90 Å². The van der Waals surface area contributed by atoms with E-state index in [1.54, 1.807) is 18.2 Å². The minimum absolute atomic E-state index is 0.185. The van der Waals surface area contributed by atoms with Crippen molar-refractivity contribution in [3.05, 3.63) is 64.2 Å². The predicted molar refractivity (Wildman–Crippen MR) is 70.7 cm³/mol. The van der Waals surface area contributed by atoms with Crippen molar-refractivity contribution in [2.24, 2.45) is 0 Å². The van der Waals surface area contributed by atoms with Gasteiger partial charge in [-0.2, -0.15) is 0 Å². The Hall–Kier alpha value is -2.09. The van der Waals surface area contributed by atoms with Gasteiger partial charge in [0.1, 0.15) is 0 Å². The second-order valence-corrected chi connectivity index (χ2v) is 4.60. The lowest BCUT2D eigenvalue weighted by Gasteiger charge is -2.10. The lowest BCUT2D eigenvalue weighted by atomic mass is 9.93. The summed E-state index contributed by atoms with van der Waals surface area (Å²) in [7, 11) is 0. The first-order valence-corrected chi connectivity index (χ1v) is 5.89. The van der Waals surface area contributed by atoms with Crippen LogP contribution < -0.4 is 0 Å². The van der Waals surface area contributed by atoms with Gasteiger partial charge >= 0.3 is 0 Å². The summed E-state index contributed by atoms with van der Waals surface area (Å²) in [6.45, 7) is 5.80. The maximum absolute atomic E-state index is 12.4. The number of hydrogen-bond donors (Lipinski definition) is 0. The van der Waals surface area contributed by atoms with Crippen molar-refractivity contribution in [3.63, 3.8) is 0 Å². The fourth-order valence-corrected chi connectivity index (χ4v) is 2.33. The summed E-state index contributed by atoms with van der Waals surface area (Å²) in [6, 6.07) is 10.3. The zero-order valence-electron chi connectivity index (χ0n) is 10.8. The highest BCUT2D eigenvalue weighted by atomic mass is 16.3. The van der Waals surface area contributed by atoms with E-state index in [2.05, 4.69) is 0 Å². The molecule has 2 aromatic carbocycles. The molecule has 0 atom stereocenters. The molecule has 0 amide bonds. The van der Waals surface area contributed by atoms with Gasteiger partial charge in [-0.05, 0) is 44.0 Å². The Balaban J connectivity index is 2.57. The van der Waals surface area contributed by atoms with Crippen LogP contribution in [0.1, 0.15) is 32.6 Å². The van der Waals surface area contributed by atoms with Gasteiger partial charge < -0.3 is 0 Å². The number of carbonyl (C=O) groups is 1. The quantitative estimate of drug-likeness (QED) is 0.730. The van der Waals surface area contributed by atoms with Gasteiger partial charge in [0.05, 0.1) is 5.56 Å². The Morgan fingerprint density at radius 3 is 2.06 bits per heavy atom. The van der Waals surface area contributed by atoms with Crippen LogP contribution in [0.4, 0.5) is 0 Å². The monoisotopic (exact) mass is 239 g/mol. The summed E-state index contributed by atoms with van der Waals surface area (Å²) in [6.07, 6.45) is 0. The van der Waals surface area contributed by atoms with Gasteiger partial charge in [0, 0.05) is 5.56 Å². The molecule has 0 unspecified atom stereocenters. The van der Waals surface area contributed by atoms with Crippen molar-refractivity contribution in [2.45, 2.75) is 20.8 Å². The van der Waals surface area contributed by atoms with Gasteiger partial charge in [0.2, 0.25) is 0 Å².